The predicted molar refractivity (Wildman–Crippen MR) is 95.7 cm³/mol. The van der Waals surface area contributed by atoms with Crippen molar-refractivity contribution in [3.63, 3.8) is 0 Å². The lowest BCUT2D eigenvalue weighted by atomic mass is 10.1. The van der Waals surface area contributed by atoms with Gasteiger partial charge in [0.15, 0.2) is 0 Å². The van der Waals surface area contributed by atoms with Gasteiger partial charge in [0.2, 0.25) is 10.0 Å². The number of amides is 1. The van der Waals surface area contributed by atoms with Crippen LogP contribution in [0.25, 0.3) is 10.1 Å². The molecular weight excluding hydrogens is 344 g/mol. The highest BCUT2D eigenvalue weighted by Crippen LogP contribution is 2.25. The van der Waals surface area contributed by atoms with Crippen LogP contribution in [0.3, 0.4) is 0 Å². The SMILES string of the molecule is NS(=O)(=O)c1ccc(CCNC(=O)c2csc3ccccc23)cc1. The number of primary sulfonamides is 1. The minimum atomic E-state index is -3.67. The number of thiophene rings is 1. The summed E-state index contributed by atoms with van der Waals surface area (Å²) in [6.07, 6.45) is 0.610. The highest BCUT2D eigenvalue weighted by molar-refractivity contribution is 7.89. The van der Waals surface area contributed by atoms with Crippen molar-refractivity contribution in [3.05, 3.63) is 65.0 Å². The Hall–Kier alpha value is -2.22. The Labute approximate surface area is 144 Å². The largest absolute Gasteiger partial charge is 0.352 e. The van der Waals surface area contributed by atoms with Crippen LogP contribution in [0.1, 0.15) is 15.9 Å². The molecule has 0 bridgehead atoms. The third kappa shape index (κ3) is 3.64. The number of hydrogen-bond donors (Lipinski definition) is 2. The quantitative estimate of drug-likeness (QED) is 0.733. The van der Waals surface area contributed by atoms with Gasteiger partial charge in [0, 0.05) is 22.0 Å². The van der Waals surface area contributed by atoms with Gasteiger partial charge in [-0.3, -0.25) is 4.79 Å². The Balaban J connectivity index is 1.61. The molecule has 0 atom stereocenters. The monoisotopic (exact) mass is 360 g/mol. The van der Waals surface area contributed by atoms with E-state index in [2.05, 4.69) is 5.32 Å². The van der Waals surface area contributed by atoms with Crippen LogP contribution in [0.5, 0.6) is 0 Å². The zero-order valence-corrected chi connectivity index (χ0v) is 14.4. The normalized spacial score (nSPS) is 11.5. The van der Waals surface area contributed by atoms with Gasteiger partial charge >= 0.3 is 0 Å². The number of fused-ring (bicyclic) bond motifs is 1. The molecule has 0 spiro atoms. The molecule has 24 heavy (non-hydrogen) atoms. The number of carbonyl (C=O) groups is 1. The number of nitrogens with one attached hydrogen (secondary N) is 1. The van der Waals surface area contributed by atoms with Gasteiger partial charge < -0.3 is 5.32 Å². The van der Waals surface area contributed by atoms with Crippen molar-refractivity contribution in [2.24, 2.45) is 5.14 Å². The molecular formula is C17H16N2O3S2. The topological polar surface area (TPSA) is 89.3 Å². The molecule has 3 rings (SSSR count). The van der Waals surface area contributed by atoms with E-state index in [0.29, 0.717) is 18.5 Å². The molecule has 0 saturated heterocycles. The molecule has 124 valence electrons. The fourth-order valence-corrected chi connectivity index (χ4v) is 3.87. The van der Waals surface area contributed by atoms with Gasteiger partial charge in [-0.15, -0.1) is 11.3 Å². The standard InChI is InChI=1S/C17H16N2O3S2/c18-24(21,22)13-7-5-12(6-8-13)9-10-19-17(20)15-11-23-16-4-2-1-3-14(15)16/h1-8,11H,9-10H2,(H,19,20)(H2,18,21,22). The number of benzene rings is 2. The molecule has 3 aromatic rings. The molecule has 0 unspecified atom stereocenters. The van der Waals surface area contributed by atoms with Gasteiger partial charge in [-0.25, -0.2) is 13.6 Å². The Morgan fingerprint density at radius 1 is 1.08 bits per heavy atom. The lowest BCUT2D eigenvalue weighted by molar-refractivity contribution is 0.0956. The van der Waals surface area contributed by atoms with E-state index in [1.165, 1.54) is 12.1 Å². The minimum absolute atomic E-state index is 0.0834. The van der Waals surface area contributed by atoms with Crippen molar-refractivity contribution >= 4 is 37.4 Å². The summed E-state index contributed by atoms with van der Waals surface area (Å²) in [6, 6.07) is 14.1. The molecule has 0 saturated carbocycles. The van der Waals surface area contributed by atoms with Gasteiger partial charge in [0.1, 0.15) is 0 Å². The van der Waals surface area contributed by atoms with Crippen LogP contribution in [0, 0.1) is 0 Å². The zero-order chi connectivity index (χ0) is 17.2. The molecule has 0 aliphatic heterocycles. The fraction of sp³-hybridized carbons (Fsp3) is 0.118. The smallest absolute Gasteiger partial charge is 0.252 e. The van der Waals surface area contributed by atoms with Crippen LogP contribution in [0.2, 0.25) is 0 Å². The van der Waals surface area contributed by atoms with E-state index >= 15 is 0 Å². The maximum Gasteiger partial charge on any atom is 0.252 e. The van der Waals surface area contributed by atoms with E-state index in [1.807, 2.05) is 29.6 Å². The lowest BCUT2D eigenvalue weighted by Crippen LogP contribution is -2.25. The lowest BCUT2D eigenvalue weighted by Gasteiger charge is -2.06. The van der Waals surface area contributed by atoms with Gasteiger partial charge in [-0.05, 0) is 30.2 Å². The second-order valence-corrected chi connectivity index (χ2v) is 7.81. The third-order valence-electron chi connectivity index (χ3n) is 3.68. The summed E-state index contributed by atoms with van der Waals surface area (Å²) in [7, 11) is -3.67. The Morgan fingerprint density at radius 3 is 2.50 bits per heavy atom. The summed E-state index contributed by atoms with van der Waals surface area (Å²) in [4.78, 5) is 12.4. The first-order chi connectivity index (χ1) is 11.4. The fourth-order valence-electron chi connectivity index (χ4n) is 2.42. The van der Waals surface area contributed by atoms with Gasteiger partial charge in [-0.2, -0.15) is 0 Å². The molecule has 0 fully saturated rings. The first kappa shape index (κ1) is 16.6. The van der Waals surface area contributed by atoms with Gasteiger partial charge in [-0.1, -0.05) is 30.3 Å². The van der Waals surface area contributed by atoms with Crippen LogP contribution in [0.4, 0.5) is 0 Å². The summed E-state index contributed by atoms with van der Waals surface area (Å²) in [5.74, 6) is -0.103. The van der Waals surface area contributed by atoms with Crippen LogP contribution in [0.15, 0.2) is 58.8 Å². The Bertz CT molecular complexity index is 976. The van der Waals surface area contributed by atoms with Crippen LogP contribution < -0.4 is 10.5 Å². The molecule has 1 aromatic heterocycles. The third-order valence-corrected chi connectivity index (χ3v) is 5.57. The first-order valence-corrected chi connectivity index (χ1v) is 9.74. The second kappa shape index (κ2) is 6.72. The van der Waals surface area contributed by atoms with E-state index in [9.17, 15) is 13.2 Å². The van der Waals surface area contributed by atoms with Crippen LogP contribution in [-0.2, 0) is 16.4 Å². The summed E-state index contributed by atoms with van der Waals surface area (Å²) >= 11 is 1.55. The van der Waals surface area contributed by atoms with Gasteiger partial charge in [0.05, 0.1) is 10.5 Å². The number of hydrogen-bond acceptors (Lipinski definition) is 4. The molecule has 7 heteroatoms. The zero-order valence-electron chi connectivity index (χ0n) is 12.7. The van der Waals surface area contributed by atoms with Crippen molar-refractivity contribution in [3.8, 4) is 0 Å². The molecule has 5 nitrogen and oxygen atoms in total. The first-order valence-electron chi connectivity index (χ1n) is 7.31. The van der Waals surface area contributed by atoms with Crippen LogP contribution >= 0.6 is 11.3 Å². The summed E-state index contributed by atoms with van der Waals surface area (Å²) in [5.41, 5.74) is 1.61. The Kier molecular flexibility index (Phi) is 4.66. The number of rotatable bonds is 5. The van der Waals surface area contributed by atoms with Crippen molar-refractivity contribution in [2.75, 3.05) is 6.54 Å². The molecule has 3 N–H and O–H groups in total. The van der Waals surface area contributed by atoms with E-state index < -0.39 is 10.0 Å². The maximum atomic E-state index is 12.3. The van der Waals surface area contributed by atoms with Crippen molar-refractivity contribution < 1.29 is 13.2 Å². The molecule has 0 aliphatic carbocycles. The van der Waals surface area contributed by atoms with E-state index in [0.717, 1.165) is 15.6 Å². The second-order valence-electron chi connectivity index (χ2n) is 5.34. The molecule has 2 aromatic carbocycles. The average Bonchev–Trinajstić information content (AvgIpc) is 2.98. The molecule has 1 heterocycles. The molecule has 0 radical (unpaired) electrons. The van der Waals surface area contributed by atoms with Crippen LogP contribution in [-0.4, -0.2) is 20.9 Å². The van der Waals surface area contributed by atoms with Crippen molar-refractivity contribution in [1.82, 2.24) is 5.32 Å². The van der Waals surface area contributed by atoms with E-state index in [-0.39, 0.29) is 10.8 Å². The Morgan fingerprint density at radius 2 is 1.79 bits per heavy atom. The molecule has 0 aliphatic rings. The maximum absolute atomic E-state index is 12.3. The summed E-state index contributed by atoms with van der Waals surface area (Å²) in [5, 5.41) is 10.8. The molecule has 1 amide bonds. The van der Waals surface area contributed by atoms with Gasteiger partial charge in [0.25, 0.3) is 5.91 Å². The predicted octanol–water partition coefficient (Wildman–Crippen LogP) is 2.52. The highest BCUT2D eigenvalue weighted by Gasteiger charge is 2.11. The minimum Gasteiger partial charge on any atom is -0.352 e. The number of nitrogens with two attached hydrogens (primary N) is 1. The van der Waals surface area contributed by atoms with E-state index in [1.54, 1.807) is 23.5 Å². The number of sulfonamides is 1. The highest BCUT2D eigenvalue weighted by atomic mass is 32.2. The van der Waals surface area contributed by atoms with Crippen molar-refractivity contribution in [2.45, 2.75) is 11.3 Å². The summed E-state index contributed by atoms with van der Waals surface area (Å²) < 4.78 is 23.5. The average molecular weight is 360 g/mol. The van der Waals surface area contributed by atoms with E-state index in [4.69, 9.17) is 5.14 Å². The summed E-state index contributed by atoms with van der Waals surface area (Å²) in [6.45, 7) is 0.470. The number of carbonyl (C=O) groups excluding carboxylic acids is 1. The van der Waals surface area contributed by atoms with Crippen molar-refractivity contribution in [1.29, 1.82) is 0 Å².